The van der Waals surface area contributed by atoms with Crippen LogP contribution in [0.25, 0.3) is 10.9 Å². The van der Waals surface area contributed by atoms with E-state index in [4.69, 9.17) is 46.4 Å². The highest BCUT2D eigenvalue weighted by Crippen LogP contribution is 2.35. The van der Waals surface area contributed by atoms with E-state index >= 15 is 0 Å². The first kappa shape index (κ1) is 23.2. The first-order valence-electron chi connectivity index (χ1n) is 9.35. The zero-order chi connectivity index (χ0) is 23.9. The second-order valence-electron chi connectivity index (χ2n) is 7.01. The van der Waals surface area contributed by atoms with Gasteiger partial charge in [0, 0.05) is 15.4 Å². The lowest BCUT2D eigenvalue weighted by atomic mass is 10.1. The Bertz CT molecular complexity index is 1410. The molecule has 0 atom stereocenters. The highest BCUT2D eigenvalue weighted by Gasteiger charge is 2.28. The highest BCUT2D eigenvalue weighted by atomic mass is 35.5. The molecule has 0 radical (unpaired) electrons. The van der Waals surface area contributed by atoms with Crippen LogP contribution in [0.1, 0.15) is 15.9 Å². The van der Waals surface area contributed by atoms with Gasteiger partial charge in [-0.25, -0.2) is 0 Å². The lowest BCUT2D eigenvalue weighted by Gasteiger charge is -2.10. The summed E-state index contributed by atoms with van der Waals surface area (Å²) in [5, 5.41) is 25.6. The second-order valence-corrected chi connectivity index (χ2v) is 8.67. The Hall–Kier alpha value is -2.97. The lowest BCUT2D eigenvalue weighted by Crippen LogP contribution is -2.27. The fourth-order valence-corrected chi connectivity index (χ4v) is 4.41. The maximum atomic E-state index is 13.1. The number of pyridine rings is 1. The van der Waals surface area contributed by atoms with Gasteiger partial charge < -0.3 is 20.2 Å². The second kappa shape index (κ2) is 9.11. The predicted molar refractivity (Wildman–Crippen MR) is 128 cm³/mol. The molecule has 4 rings (SSSR count). The number of nitrogens with one attached hydrogen (secondary N) is 1. The van der Waals surface area contributed by atoms with Crippen LogP contribution in [0.2, 0.25) is 20.1 Å². The standard InChI is InChI=1S/C22H13Cl4N3O4/c23-12-6-5-11(14(24)7-12)8-29-17-4-2-1-3-13(17)18(22(29)32)20(30)21(31)27-19-15(25)9-28(33)10-16(19)26/h1-7,9-10,32H,8H2,(H,27,31). The molecule has 0 aliphatic heterocycles. The normalized spacial score (nSPS) is 11.0. The third kappa shape index (κ3) is 4.45. The highest BCUT2D eigenvalue weighted by molar-refractivity contribution is 6.50. The van der Waals surface area contributed by atoms with Gasteiger partial charge in [0.15, 0.2) is 0 Å². The van der Waals surface area contributed by atoms with Crippen molar-refractivity contribution in [3.63, 3.8) is 0 Å². The molecule has 0 saturated heterocycles. The van der Waals surface area contributed by atoms with Gasteiger partial charge in [-0.05, 0) is 23.8 Å². The van der Waals surface area contributed by atoms with Gasteiger partial charge in [0.2, 0.25) is 18.3 Å². The van der Waals surface area contributed by atoms with Crippen molar-refractivity contribution in [3.8, 4) is 5.88 Å². The molecule has 1 amide bonds. The summed E-state index contributed by atoms with van der Waals surface area (Å²) in [6.45, 7) is 0.122. The largest absolute Gasteiger partial charge is 0.619 e. The summed E-state index contributed by atoms with van der Waals surface area (Å²) in [5.74, 6) is -2.52. The third-order valence-corrected chi connectivity index (χ3v) is 6.08. The van der Waals surface area contributed by atoms with Gasteiger partial charge in [0.1, 0.15) is 10.0 Å². The van der Waals surface area contributed by atoms with Crippen molar-refractivity contribution in [2.45, 2.75) is 6.54 Å². The van der Waals surface area contributed by atoms with Crippen LogP contribution in [0.3, 0.4) is 0 Å². The van der Waals surface area contributed by atoms with Gasteiger partial charge in [-0.1, -0.05) is 70.7 Å². The zero-order valence-corrected chi connectivity index (χ0v) is 19.5. The molecule has 4 aromatic rings. The van der Waals surface area contributed by atoms with E-state index in [1.807, 2.05) is 0 Å². The zero-order valence-electron chi connectivity index (χ0n) is 16.5. The number of carbonyl (C=O) groups is 2. The molecule has 0 fully saturated rings. The number of hydrogen-bond acceptors (Lipinski definition) is 4. The first-order chi connectivity index (χ1) is 15.7. The molecule has 0 aliphatic rings. The Kier molecular flexibility index (Phi) is 6.41. The van der Waals surface area contributed by atoms with E-state index in [2.05, 4.69) is 5.32 Å². The number of rotatable bonds is 5. The fraction of sp³-hybridized carbons (Fsp3) is 0.0455. The molecule has 0 aliphatic carbocycles. The molecule has 0 unspecified atom stereocenters. The van der Waals surface area contributed by atoms with Crippen molar-refractivity contribution >= 4 is 74.7 Å². The van der Waals surface area contributed by atoms with Crippen LogP contribution >= 0.6 is 46.4 Å². The Labute approximate surface area is 207 Å². The van der Waals surface area contributed by atoms with Crippen molar-refractivity contribution in [1.29, 1.82) is 0 Å². The summed E-state index contributed by atoms with van der Waals surface area (Å²) in [7, 11) is 0. The fourth-order valence-electron chi connectivity index (χ4n) is 3.40. The number of aromatic hydroxyl groups is 1. The number of hydrogen-bond donors (Lipinski definition) is 2. The van der Waals surface area contributed by atoms with Crippen LogP contribution < -0.4 is 10.0 Å². The quantitative estimate of drug-likeness (QED) is 0.157. The average Bonchev–Trinajstić information content (AvgIpc) is 3.03. The van der Waals surface area contributed by atoms with Crippen molar-refractivity contribution in [1.82, 2.24) is 4.57 Å². The summed E-state index contributed by atoms with van der Waals surface area (Å²) in [4.78, 5) is 25.8. The monoisotopic (exact) mass is 523 g/mol. The number of nitrogens with zero attached hydrogens (tertiary/aromatic N) is 2. The van der Waals surface area contributed by atoms with Crippen molar-refractivity contribution in [3.05, 3.63) is 91.3 Å². The summed E-state index contributed by atoms with van der Waals surface area (Å²) < 4.78 is 1.83. The number of amides is 1. The Morgan fingerprint density at radius 1 is 1.00 bits per heavy atom. The molecule has 0 bridgehead atoms. The van der Waals surface area contributed by atoms with E-state index in [-0.39, 0.29) is 27.8 Å². The van der Waals surface area contributed by atoms with Gasteiger partial charge in [0.05, 0.1) is 23.3 Å². The van der Waals surface area contributed by atoms with E-state index in [0.29, 0.717) is 31.2 Å². The smallest absolute Gasteiger partial charge is 0.297 e. The number of aromatic nitrogens is 2. The maximum absolute atomic E-state index is 13.1. The number of anilines is 1. The van der Waals surface area contributed by atoms with E-state index in [0.717, 1.165) is 12.4 Å². The van der Waals surface area contributed by atoms with Gasteiger partial charge in [-0.2, -0.15) is 4.73 Å². The van der Waals surface area contributed by atoms with Gasteiger partial charge >= 0.3 is 0 Å². The SMILES string of the molecule is O=C(Nc1c(Cl)c[n+]([O-])cc1Cl)C(=O)c1c(O)n(Cc2ccc(Cl)cc2Cl)c2ccccc12. The molecule has 2 aromatic heterocycles. The first-order valence-corrected chi connectivity index (χ1v) is 10.9. The summed E-state index contributed by atoms with van der Waals surface area (Å²) in [6, 6.07) is 11.6. The van der Waals surface area contributed by atoms with Crippen LogP contribution in [0.5, 0.6) is 5.88 Å². The molecule has 2 heterocycles. The number of ketones is 1. The molecule has 7 nitrogen and oxygen atoms in total. The van der Waals surface area contributed by atoms with Gasteiger partial charge in [-0.15, -0.1) is 0 Å². The Morgan fingerprint density at radius 3 is 2.33 bits per heavy atom. The van der Waals surface area contributed by atoms with Gasteiger partial charge in [0.25, 0.3) is 11.7 Å². The molecular formula is C22H13Cl4N3O4. The van der Waals surface area contributed by atoms with E-state index in [1.165, 1.54) is 4.57 Å². The molecule has 11 heteroatoms. The van der Waals surface area contributed by atoms with Crippen LogP contribution in [0, 0.1) is 5.21 Å². The number of halogens is 4. The number of Topliss-reactive ketones (excluding diaryl/α,β-unsaturated/α-hetero) is 1. The number of fused-ring (bicyclic) bond motifs is 1. The van der Waals surface area contributed by atoms with Crippen molar-refractivity contribution in [2.75, 3.05) is 5.32 Å². The number of carbonyl (C=O) groups excluding carboxylic acids is 2. The van der Waals surface area contributed by atoms with Crippen LogP contribution in [0.15, 0.2) is 54.9 Å². The Morgan fingerprint density at radius 2 is 1.67 bits per heavy atom. The van der Waals surface area contributed by atoms with E-state index in [9.17, 15) is 19.9 Å². The average molecular weight is 525 g/mol. The molecule has 0 spiro atoms. The number of benzene rings is 2. The Balaban J connectivity index is 1.74. The minimum atomic E-state index is -1.09. The van der Waals surface area contributed by atoms with Crippen LogP contribution in [-0.4, -0.2) is 21.4 Å². The van der Waals surface area contributed by atoms with E-state index in [1.54, 1.807) is 42.5 Å². The van der Waals surface area contributed by atoms with Crippen LogP contribution in [0.4, 0.5) is 5.69 Å². The van der Waals surface area contributed by atoms with Crippen molar-refractivity contribution < 1.29 is 19.4 Å². The summed E-state index contributed by atoms with van der Waals surface area (Å²) >= 11 is 24.2. The van der Waals surface area contributed by atoms with E-state index < -0.39 is 17.6 Å². The summed E-state index contributed by atoms with van der Waals surface area (Å²) in [5.41, 5.74) is 0.866. The predicted octanol–water partition coefficient (Wildman–Crippen LogP) is 5.46. The van der Waals surface area contributed by atoms with Gasteiger partial charge in [-0.3, -0.25) is 9.59 Å². The molecule has 0 saturated carbocycles. The number of para-hydroxylation sites is 1. The molecule has 168 valence electrons. The molecule has 2 aromatic carbocycles. The van der Waals surface area contributed by atoms with Crippen molar-refractivity contribution in [2.24, 2.45) is 0 Å². The minimum absolute atomic E-state index is 0.0973. The lowest BCUT2D eigenvalue weighted by molar-refractivity contribution is -0.605. The summed E-state index contributed by atoms with van der Waals surface area (Å²) in [6.07, 6.45) is 1.96. The maximum Gasteiger partial charge on any atom is 0.297 e. The topological polar surface area (TPSA) is 98.3 Å². The molecular weight excluding hydrogens is 512 g/mol. The third-order valence-electron chi connectivity index (χ3n) is 4.92. The van der Waals surface area contributed by atoms with Crippen LogP contribution in [-0.2, 0) is 11.3 Å². The minimum Gasteiger partial charge on any atom is -0.619 e. The molecule has 2 N–H and O–H groups in total. The molecule has 33 heavy (non-hydrogen) atoms.